The van der Waals surface area contributed by atoms with Crippen LogP contribution < -0.4 is 10.3 Å². The molecule has 0 saturated heterocycles. The molecule has 0 atom stereocenters. The number of thiazole rings is 1. The Morgan fingerprint density at radius 3 is 2.86 bits per heavy atom. The van der Waals surface area contributed by atoms with Gasteiger partial charge in [-0.25, -0.2) is 9.78 Å². The first-order valence-corrected chi connectivity index (χ1v) is 6.87. The molecule has 0 amide bonds. The van der Waals surface area contributed by atoms with Crippen LogP contribution in [0.3, 0.4) is 0 Å². The molecule has 0 spiro atoms. The Morgan fingerprint density at radius 2 is 2.14 bits per heavy atom. The van der Waals surface area contributed by atoms with Crippen LogP contribution in [0.15, 0.2) is 40.6 Å². The number of carboxylic acids is 1. The fourth-order valence-electron chi connectivity index (χ4n) is 2.08. The van der Waals surface area contributed by atoms with Crippen molar-refractivity contribution in [2.24, 2.45) is 0 Å². The van der Waals surface area contributed by atoms with Gasteiger partial charge in [-0.1, -0.05) is 12.1 Å². The summed E-state index contributed by atoms with van der Waals surface area (Å²) in [7, 11) is 1.54. The van der Waals surface area contributed by atoms with Crippen molar-refractivity contribution < 1.29 is 14.6 Å². The Balaban J connectivity index is 2.37. The minimum atomic E-state index is -1.29. The van der Waals surface area contributed by atoms with Crippen molar-refractivity contribution >= 4 is 22.3 Å². The van der Waals surface area contributed by atoms with E-state index in [0.29, 0.717) is 22.0 Å². The van der Waals surface area contributed by atoms with E-state index in [9.17, 15) is 9.59 Å². The van der Waals surface area contributed by atoms with Gasteiger partial charge in [0.15, 0.2) is 4.96 Å². The van der Waals surface area contributed by atoms with E-state index in [2.05, 4.69) is 4.98 Å². The van der Waals surface area contributed by atoms with E-state index in [0.717, 1.165) is 6.20 Å². The molecule has 0 fully saturated rings. The second-order valence-electron chi connectivity index (χ2n) is 4.22. The minimum Gasteiger partial charge on any atom is -0.496 e. The number of carbonyl (C=O) groups is 1. The summed E-state index contributed by atoms with van der Waals surface area (Å²) in [5.41, 5.74) is 0.308. The summed E-state index contributed by atoms with van der Waals surface area (Å²) >= 11 is 1.27. The lowest BCUT2D eigenvalue weighted by molar-refractivity contribution is 0.0694. The number of carboxylic acid groups (broad SMARTS) is 1. The van der Waals surface area contributed by atoms with E-state index < -0.39 is 11.5 Å². The standard InChI is InChI=1S/C14H10N2O4S/c1-20-11-5-3-2-4-8(11)10-7-21-14-15-6-9(13(18)19)12(17)16(10)14/h2-7H,1H3,(H,18,19). The highest BCUT2D eigenvalue weighted by Gasteiger charge is 2.17. The lowest BCUT2D eigenvalue weighted by Gasteiger charge is -2.07. The first-order chi connectivity index (χ1) is 10.1. The van der Waals surface area contributed by atoms with Gasteiger partial charge in [0.05, 0.1) is 19.0 Å². The average molecular weight is 302 g/mol. The predicted molar refractivity (Wildman–Crippen MR) is 78.3 cm³/mol. The van der Waals surface area contributed by atoms with Gasteiger partial charge >= 0.3 is 5.97 Å². The van der Waals surface area contributed by atoms with Gasteiger partial charge < -0.3 is 9.84 Å². The SMILES string of the molecule is COc1ccccc1-c1csc2ncc(C(=O)O)c(=O)n12. The smallest absolute Gasteiger partial charge is 0.342 e. The Morgan fingerprint density at radius 1 is 1.38 bits per heavy atom. The number of hydrogen-bond acceptors (Lipinski definition) is 5. The van der Waals surface area contributed by atoms with Crippen LogP contribution in [0.1, 0.15) is 10.4 Å². The summed E-state index contributed by atoms with van der Waals surface area (Å²) in [6.45, 7) is 0. The topological polar surface area (TPSA) is 80.9 Å². The molecule has 7 heteroatoms. The van der Waals surface area contributed by atoms with Crippen molar-refractivity contribution in [3.63, 3.8) is 0 Å². The van der Waals surface area contributed by atoms with Gasteiger partial charge in [-0.3, -0.25) is 9.20 Å². The molecule has 106 valence electrons. The number of ether oxygens (including phenoxy) is 1. The Bertz CT molecular complexity index is 897. The van der Waals surface area contributed by atoms with Crippen LogP contribution in [0.5, 0.6) is 5.75 Å². The van der Waals surface area contributed by atoms with E-state index in [1.54, 1.807) is 17.5 Å². The molecule has 0 aliphatic heterocycles. The van der Waals surface area contributed by atoms with E-state index in [-0.39, 0.29) is 5.56 Å². The van der Waals surface area contributed by atoms with Gasteiger partial charge in [0.25, 0.3) is 5.56 Å². The number of benzene rings is 1. The van der Waals surface area contributed by atoms with Crippen molar-refractivity contribution in [1.29, 1.82) is 0 Å². The first kappa shape index (κ1) is 13.3. The molecule has 0 radical (unpaired) electrons. The van der Waals surface area contributed by atoms with Crippen molar-refractivity contribution in [1.82, 2.24) is 9.38 Å². The number of methoxy groups -OCH3 is 1. The van der Waals surface area contributed by atoms with Gasteiger partial charge in [-0.05, 0) is 12.1 Å². The van der Waals surface area contributed by atoms with Gasteiger partial charge in [-0.15, -0.1) is 11.3 Å². The zero-order valence-electron chi connectivity index (χ0n) is 10.9. The van der Waals surface area contributed by atoms with Crippen LogP contribution in [0.2, 0.25) is 0 Å². The third-order valence-corrected chi connectivity index (χ3v) is 3.90. The van der Waals surface area contributed by atoms with E-state index in [4.69, 9.17) is 9.84 Å². The van der Waals surface area contributed by atoms with E-state index in [1.807, 2.05) is 12.1 Å². The molecule has 3 rings (SSSR count). The third-order valence-electron chi connectivity index (χ3n) is 3.06. The number of nitrogens with zero attached hydrogens (tertiary/aromatic N) is 2. The molecule has 1 aromatic carbocycles. The van der Waals surface area contributed by atoms with E-state index in [1.165, 1.54) is 22.8 Å². The molecule has 3 aromatic rings. The van der Waals surface area contributed by atoms with Crippen molar-refractivity contribution in [2.75, 3.05) is 7.11 Å². The number of rotatable bonds is 3. The molecule has 21 heavy (non-hydrogen) atoms. The number of para-hydroxylation sites is 1. The van der Waals surface area contributed by atoms with Crippen LogP contribution in [0.25, 0.3) is 16.2 Å². The molecular weight excluding hydrogens is 292 g/mol. The van der Waals surface area contributed by atoms with Crippen molar-refractivity contribution in [3.8, 4) is 17.0 Å². The minimum absolute atomic E-state index is 0.359. The zero-order valence-corrected chi connectivity index (χ0v) is 11.8. The summed E-state index contributed by atoms with van der Waals surface area (Å²) < 4.78 is 6.59. The van der Waals surface area contributed by atoms with Gasteiger partial charge in [0.2, 0.25) is 0 Å². The monoisotopic (exact) mass is 302 g/mol. The highest BCUT2D eigenvalue weighted by molar-refractivity contribution is 7.15. The summed E-state index contributed by atoms with van der Waals surface area (Å²) in [5, 5.41) is 10.8. The van der Waals surface area contributed by atoms with Crippen molar-refractivity contribution in [2.45, 2.75) is 0 Å². The third kappa shape index (κ3) is 2.07. The zero-order chi connectivity index (χ0) is 15.0. The van der Waals surface area contributed by atoms with E-state index >= 15 is 0 Å². The Hall–Kier alpha value is -2.67. The molecule has 2 heterocycles. The second-order valence-corrected chi connectivity index (χ2v) is 5.06. The Kier molecular flexibility index (Phi) is 3.19. The van der Waals surface area contributed by atoms with Crippen LogP contribution in [-0.2, 0) is 0 Å². The fourth-order valence-corrected chi connectivity index (χ4v) is 2.93. The molecule has 6 nitrogen and oxygen atoms in total. The summed E-state index contributed by atoms with van der Waals surface area (Å²) in [5.74, 6) is -0.691. The fraction of sp³-hybridized carbons (Fsp3) is 0.0714. The number of fused-ring (bicyclic) bond motifs is 1. The number of aromatic nitrogens is 2. The van der Waals surface area contributed by atoms with Crippen molar-refractivity contribution in [3.05, 3.63) is 51.8 Å². The largest absolute Gasteiger partial charge is 0.496 e. The average Bonchev–Trinajstić information content (AvgIpc) is 2.92. The molecule has 2 aromatic heterocycles. The van der Waals surface area contributed by atoms with Crippen LogP contribution in [-0.4, -0.2) is 27.6 Å². The normalized spacial score (nSPS) is 10.7. The summed E-state index contributed by atoms with van der Waals surface area (Å²) in [6.07, 6.45) is 1.09. The quantitative estimate of drug-likeness (QED) is 0.801. The molecule has 0 aliphatic rings. The number of hydrogen-bond donors (Lipinski definition) is 1. The van der Waals surface area contributed by atoms with Gasteiger partial charge in [-0.2, -0.15) is 0 Å². The highest BCUT2D eigenvalue weighted by Crippen LogP contribution is 2.31. The maximum absolute atomic E-state index is 12.3. The van der Waals surface area contributed by atoms with Crippen LogP contribution >= 0.6 is 11.3 Å². The molecule has 1 N–H and O–H groups in total. The van der Waals surface area contributed by atoms with Crippen LogP contribution in [0.4, 0.5) is 0 Å². The molecular formula is C14H10N2O4S. The van der Waals surface area contributed by atoms with Gasteiger partial charge in [0.1, 0.15) is 11.3 Å². The first-order valence-electron chi connectivity index (χ1n) is 5.99. The van der Waals surface area contributed by atoms with Gasteiger partial charge in [0, 0.05) is 10.9 Å². The summed E-state index contributed by atoms with van der Waals surface area (Å²) in [4.78, 5) is 27.9. The molecule has 0 unspecified atom stereocenters. The highest BCUT2D eigenvalue weighted by atomic mass is 32.1. The lowest BCUT2D eigenvalue weighted by atomic mass is 10.1. The maximum Gasteiger partial charge on any atom is 0.342 e. The maximum atomic E-state index is 12.3. The lowest BCUT2D eigenvalue weighted by Crippen LogP contribution is -2.22. The molecule has 0 aliphatic carbocycles. The predicted octanol–water partition coefficient (Wildman–Crippen LogP) is 2.13. The number of aromatic carboxylic acids is 1. The second kappa shape index (κ2) is 5.02. The Labute approximate surface area is 122 Å². The molecule has 0 saturated carbocycles. The van der Waals surface area contributed by atoms with Crippen LogP contribution in [0, 0.1) is 0 Å². The molecule has 0 bridgehead atoms. The summed E-state index contributed by atoms with van der Waals surface area (Å²) in [6, 6.07) is 7.22.